The van der Waals surface area contributed by atoms with Crippen LogP contribution in [0.25, 0.3) is 21.0 Å². The molecule has 0 fully saturated rings. The van der Waals surface area contributed by atoms with Gasteiger partial charge in [0.05, 0.1) is 28.6 Å². The van der Waals surface area contributed by atoms with Crippen molar-refractivity contribution in [3.63, 3.8) is 0 Å². The molecule has 0 radical (unpaired) electrons. The summed E-state index contributed by atoms with van der Waals surface area (Å²) in [7, 11) is 1.56. The molecule has 33 heavy (non-hydrogen) atoms. The lowest BCUT2D eigenvalue weighted by molar-refractivity contribution is 0.0737. The molecule has 0 bridgehead atoms. The fourth-order valence-corrected chi connectivity index (χ4v) is 4.16. The number of carbonyl (C=O) groups is 1. The number of ether oxygens (including phenoxy) is 2. The summed E-state index contributed by atoms with van der Waals surface area (Å²) in [6, 6.07) is 22.0. The molecule has 6 nitrogen and oxygen atoms in total. The molecule has 1 aromatic heterocycles. The molecule has 0 spiro atoms. The smallest absolute Gasteiger partial charge is 0.343 e. The van der Waals surface area contributed by atoms with E-state index >= 15 is 0 Å². The quantitative estimate of drug-likeness (QED) is 0.158. The first-order valence-electron chi connectivity index (χ1n) is 9.96. The lowest BCUT2D eigenvalue weighted by atomic mass is 10.1. The first-order valence-corrected chi connectivity index (χ1v) is 10.8. The fraction of sp³-hybridized carbons (Fsp3) is 0.0400. The monoisotopic (exact) mass is 457 g/mol. The first-order chi connectivity index (χ1) is 16.1. The third kappa shape index (κ3) is 4.28. The molecule has 5 aromatic rings. The number of fused-ring (bicyclic) bond motifs is 2. The van der Waals surface area contributed by atoms with Gasteiger partial charge in [-0.2, -0.15) is 0 Å². The van der Waals surface area contributed by atoms with E-state index < -0.39 is 5.97 Å². The molecule has 0 saturated heterocycles. The molecule has 1 heterocycles. The highest BCUT2D eigenvalue weighted by molar-refractivity contribution is 7.21. The number of esters is 1. The van der Waals surface area contributed by atoms with Crippen LogP contribution in [-0.4, -0.2) is 18.1 Å². The molecule has 0 unspecified atom stereocenters. The SMILES string of the molecule is COc1ccc(C(=O)Oc2ccc(N=Nc3nc4ccc(F)cc4s3)c3ccccc23)cc1. The average molecular weight is 457 g/mol. The van der Waals surface area contributed by atoms with E-state index in [0.29, 0.717) is 38.1 Å². The van der Waals surface area contributed by atoms with Gasteiger partial charge in [0.25, 0.3) is 0 Å². The van der Waals surface area contributed by atoms with Crippen molar-refractivity contribution in [2.45, 2.75) is 0 Å². The highest BCUT2D eigenvalue weighted by Crippen LogP contribution is 2.36. The van der Waals surface area contributed by atoms with E-state index in [1.54, 1.807) is 49.6 Å². The van der Waals surface area contributed by atoms with Crippen LogP contribution < -0.4 is 9.47 Å². The van der Waals surface area contributed by atoms with Gasteiger partial charge in [0.1, 0.15) is 17.3 Å². The molecule has 162 valence electrons. The third-order valence-electron chi connectivity index (χ3n) is 4.97. The number of benzene rings is 4. The van der Waals surface area contributed by atoms with E-state index in [1.807, 2.05) is 24.3 Å². The van der Waals surface area contributed by atoms with E-state index in [0.717, 1.165) is 10.8 Å². The van der Waals surface area contributed by atoms with Gasteiger partial charge in [-0.1, -0.05) is 35.6 Å². The van der Waals surface area contributed by atoms with Crippen molar-refractivity contribution >= 4 is 49.1 Å². The fourth-order valence-electron chi connectivity index (χ4n) is 3.34. The van der Waals surface area contributed by atoms with Gasteiger partial charge in [0.15, 0.2) is 0 Å². The maximum atomic E-state index is 13.4. The summed E-state index contributed by atoms with van der Waals surface area (Å²) in [4.78, 5) is 17.0. The number of azo groups is 1. The van der Waals surface area contributed by atoms with E-state index in [1.165, 1.54) is 23.5 Å². The number of carbonyl (C=O) groups excluding carboxylic acids is 1. The predicted molar refractivity (Wildman–Crippen MR) is 126 cm³/mol. The summed E-state index contributed by atoms with van der Waals surface area (Å²) in [5.41, 5.74) is 1.68. The third-order valence-corrected chi connectivity index (χ3v) is 5.87. The lowest BCUT2D eigenvalue weighted by Crippen LogP contribution is -2.08. The van der Waals surface area contributed by atoms with Crippen molar-refractivity contribution in [1.29, 1.82) is 0 Å². The Kier molecular flexibility index (Phi) is 5.50. The molecule has 0 N–H and O–H groups in total. The Bertz CT molecular complexity index is 1510. The minimum Gasteiger partial charge on any atom is -0.497 e. The van der Waals surface area contributed by atoms with Crippen molar-refractivity contribution in [3.05, 3.63) is 90.2 Å². The van der Waals surface area contributed by atoms with Gasteiger partial charge >= 0.3 is 5.97 Å². The maximum absolute atomic E-state index is 13.4. The molecule has 4 aromatic carbocycles. The predicted octanol–water partition coefficient (Wildman–Crippen LogP) is 7.23. The zero-order valence-electron chi connectivity index (χ0n) is 17.4. The van der Waals surface area contributed by atoms with Crippen LogP contribution >= 0.6 is 11.3 Å². The van der Waals surface area contributed by atoms with Gasteiger partial charge in [-0.25, -0.2) is 14.2 Å². The Morgan fingerprint density at radius 2 is 1.73 bits per heavy atom. The van der Waals surface area contributed by atoms with Gasteiger partial charge in [0, 0.05) is 10.8 Å². The Morgan fingerprint density at radius 3 is 2.52 bits per heavy atom. The normalized spacial score (nSPS) is 11.3. The summed E-state index contributed by atoms with van der Waals surface area (Å²) < 4.78 is 24.9. The van der Waals surface area contributed by atoms with Crippen molar-refractivity contribution in [1.82, 2.24) is 4.98 Å². The van der Waals surface area contributed by atoms with Crippen LogP contribution in [0.15, 0.2) is 89.1 Å². The van der Waals surface area contributed by atoms with Gasteiger partial charge < -0.3 is 9.47 Å². The van der Waals surface area contributed by atoms with Crippen LogP contribution in [-0.2, 0) is 0 Å². The largest absolute Gasteiger partial charge is 0.497 e. The molecule has 0 aliphatic heterocycles. The second-order valence-corrected chi connectivity index (χ2v) is 8.06. The van der Waals surface area contributed by atoms with Crippen LogP contribution in [0, 0.1) is 5.82 Å². The number of methoxy groups -OCH3 is 1. The molecule has 8 heteroatoms. The topological polar surface area (TPSA) is 73.1 Å². The van der Waals surface area contributed by atoms with Gasteiger partial charge in [0.2, 0.25) is 5.13 Å². The van der Waals surface area contributed by atoms with Crippen LogP contribution in [0.2, 0.25) is 0 Å². The number of rotatable bonds is 5. The standard InChI is InChI=1S/C25H16FN3O3S/c1-31-17-9-6-15(7-10-17)24(30)32-22-13-12-20(18-4-2-3-5-19(18)22)28-29-25-27-21-11-8-16(26)14-23(21)33-25/h2-14H,1H3. The van der Waals surface area contributed by atoms with Gasteiger partial charge in [-0.3, -0.25) is 0 Å². The Labute approximate surface area is 191 Å². The minimum atomic E-state index is -0.473. The zero-order chi connectivity index (χ0) is 22.8. The second kappa shape index (κ2) is 8.76. The van der Waals surface area contributed by atoms with E-state index in [4.69, 9.17) is 9.47 Å². The molecule has 5 rings (SSSR count). The Morgan fingerprint density at radius 1 is 0.939 bits per heavy atom. The summed E-state index contributed by atoms with van der Waals surface area (Å²) in [5, 5.41) is 10.5. The van der Waals surface area contributed by atoms with Crippen LogP contribution in [0.5, 0.6) is 11.5 Å². The number of hydrogen-bond donors (Lipinski definition) is 0. The highest BCUT2D eigenvalue weighted by Gasteiger charge is 2.13. The molecule has 0 amide bonds. The Hall–Kier alpha value is -4.17. The molecule has 0 aliphatic carbocycles. The molecular weight excluding hydrogens is 441 g/mol. The second-order valence-electron chi connectivity index (χ2n) is 7.05. The van der Waals surface area contributed by atoms with Crippen LogP contribution in [0.4, 0.5) is 15.2 Å². The van der Waals surface area contributed by atoms with Gasteiger partial charge in [-0.05, 0) is 54.6 Å². The molecule has 0 aliphatic rings. The van der Waals surface area contributed by atoms with Crippen molar-refractivity contribution in [2.24, 2.45) is 10.2 Å². The van der Waals surface area contributed by atoms with E-state index in [-0.39, 0.29) is 5.82 Å². The van der Waals surface area contributed by atoms with E-state index in [9.17, 15) is 9.18 Å². The van der Waals surface area contributed by atoms with Crippen LogP contribution in [0.3, 0.4) is 0 Å². The number of thiazole rings is 1. The van der Waals surface area contributed by atoms with Crippen LogP contribution in [0.1, 0.15) is 10.4 Å². The molecular formula is C25H16FN3O3S. The number of hydrogen-bond acceptors (Lipinski definition) is 7. The molecule has 0 saturated carbocycles. The van der Waals surface area contributed by atoms with E-state index in [2.05, 4.69) is 15.2 Å². The number of halogens is 1. The summed E-state index contributed by atoms with van der Waals surface area (Å²) in [6.07, 6.45) is 0. The number of nitrogens with zero attached hydrogens (tertiary/aromatic N) is 3. The Balaban J connectivity index is 1.44. The first kappa shape index (κ1) is 20.7. The molecule has 0 atom stereocenters. The number of aromatic nitrogens is 1. The summed E-state index contributed by atoms with van der Waals surface area (Å²) in [5.74, 6) is 0.283. The van der Waals surface area contributed by atoms with Crippen molar-refractivity contribution < 1.29 is 18.7 Å². The lowest BCUT2D eigenvalue weighted by Gasteiger charge is -2.09. The van der Waals surface area contributed by atoms with Crippen molar-refractivity contribution in [2.75, 3.05) is 7.11 Å². The summed E-state index contributed by atoms with van der Waals surface area (Å²) >= 11 is 1.26. The van der Waals surface area contributed by atoms with Gasteiger partial charge in [-0.15, -0.1) is 10.2 Å². The minimum absolute atomic E-state index is 0.319. The summed E-state index contributed by atoms with van der Waals surface area (Å²) in [6.45, 7) is 0. The average Bonchev–Trinajstić information content (AvgIpc) is 3.25. The zero-order valence-corrected chi connectivity index (χ0v) is 18.2. The highest BCUT2D eigenvalue weighted by atomic mass is 32.1. The van der Waals surface area contributed by atoms with Crippen molar-refractivity contribution in [3.8, 4) is 11.5 Å². The maximum Gasteiger partial charge on any atom is 0.343 e.